The molecule has 21 heavy (non-hydrogen) atoms. The van der Waals surface area contributed by atoms with Crippen LogP contribution >= 0.6 is 23.2 Å². The van der Waals surface area contributed by atoms with E-state index in [0.29, 0.717) is 22.0 Å². The van der Waals surface area contributed by atoms with E-state index in [1.807, 2.05) is 12.3 Å². The largest absolute Gasteiger partial charge is 0.264 e. The molecule has 110 valence electrons. The van der Waals surface area contributed by atoms with E-state index in [2.05, 4.69) is 21.9 Å². The number of aromatic nitrogens is 3. The van der Waals surface area contributed by atoms with E-state index in [9.17, 15) is 0 Å². The Morgan fingerprint density at radius 2 is 1.81 bits per heavy atom. The number of rotatable bonds is 3. The number of hydrogen-bond acceptors (Lipinski definition) is 3. The first-order valence-corrected chi connectivity index (χ1v) is 8.12. The van der Waals surface area contributed by atoms with Gasteiger partial charge >= 0.3 is 0 Å². The second kappa shape index (κ2) is 6.29. The average molecular weight is 322 g/mol. The summed E-state index contributed by atoms with van der Waals surface area (Å²) in [5.74, 6) is 0.994. The van der Waals surface area contributed by atoms with Gasteiger partial charge in [-0.25, -0.2) is 9.97 Å². The van der Waals surface area contributed by atoms with Gasteiger partial charge in [0.25, 0.3) is 0 Å². The molecule has 1 fully saturated rings. The first kappa shape index (κ1) is 14.7. The topological polar surface area (TPSA) is 38.7 Å². The lowest BCUT2D eigenvalue weighted by atomic mass is 10.0. The molecule has 0 spiro atoms. The highest BCUT2D eigenvalue weighted by Crippen LogP contribution is 2.40. The Labute approximate surface area is 134 Å². The maximum atomic E-state index is 6.41. The minimum absolute atomic E-state index is 0.405. The van der Waals surface area contributed by atoms with Gasteiger partial charge in [-0.05, 0) is 36.8 Å². The van der Waals surface area contributed by atoms with E-state index in [1.165, 1.54) is 12.8 Å². The second-order valence-corrected chi connectivity index (χ2v) is 6.13. The van der Waals surface area contributed by atoms with Crippen LogP contribution < -0.4 is 0 Å². The van der Waals surface area contributed by atoms with Gasteiger partial charge in [0.1, 0.15) is 10.3 Å². The lowest BCUT2D eigenvalue weighted by molar-refractivity contribution is 0.715. The number of aryl methyl sites for hydroxylation is 1. The summed E-state index contributed by atoms with van der Waals surface area (Å²) in [6.07, 6.45) is 9.14. The van der Waals surface area contributed by atoms with Crippen molar-refractivity contribution in [3.05, 3.63) is 39.9 Å². The van der Waals surface area contributed by atoms with Crippen LogP contribution in [0.2, 0.25) is 10.3 Å². The fraction of sp³-hybridized carbons (Fsp3) is 0.438. The standard InChI is InChI=1S/C16H17Cl2N3/c1-2-10-9-19-8-7-12(10)16-20-14(17)13(15(18)21-16)11-5-3-4-6-11/h7-9,11H,2-6H2,1H3. The van der Waals surface area contributed by atoms with E-state index in [0.717, 1.165) is 36.0 Å². The molecule has 1 saturated carbocycles. The average Bonchev–Trinajstić information content (AvgIpc) is 3.00. The first-order valence-electron chi connectivity index (χ1n) is 7.37. The van der Waals surface area contributed by atoms with Gasteiger partial charge in [-0.15, -0.1) is 0 Å². The molecule has 0 unspecified atom stereocenters. The molecule has 0 radical (unpaired) electrons. The van der Waals surface area contributed by atoms with Crippen molar-refractivity contribution in [1.29, 1.82) is 0 Å². The lowest BCUT2D eigenvalue weighted by Gasteiger charge is -2.14. The van der Waals surface area contributed by atoms with Gasteiger partial charge in [-0.2, -0.15) is 0 Å². The fourth-order valence-corrected chi connectivity index (χ4v) is 3.71. The van der Waals surface area contributed by atoms with Crippen molar-refractivity contribution in [1.82, 2.24) is 15.0 Å². The fourth-order valence-electron chi connectivity index (χ4n) is 3.02. The molecule has 3 rings (SSSR count). The van der Waals surface area contributed by atoms with Crippen LogP contribution in [0, 0.1) is 0 Å². The Hall–Kier alpha value is -1.19. The van der Waals surface area contributed by atoms with Crippen molar-refractivity contribution in [3.8, 4) is 11.4 Å². The molecule has 2 heterocycles. The Morgan fingerprint density at radius 1 is 1.14 bits per heavy atom. The first-order chi connectivity index (χ1) is 10.2. The molecule has 0 amide bonds. The molecule has 0 bridgehead atoms. The molecule has 0 aromatic carbocycles. The Bertz CT molecular complexity index is 629. The van der Waals surface area contributed by atoms with E-state index < -0.39 is 0 Å². The minimum atomic E-state index is 0.405. The van der Waals surface area contributed by atoms with Gasteiger partial charge in [0.2, 0.25) is 0 Å². The van der Waals surface area contributed by atoms with E-state index >= 15 is 0 Å². The molecule has 1 aliphatic rings. The highest BCUT2D eigenvalue weighted by atomic mass is 35.5. The maximum Gasteiger partial charge on any atom is 0.162 e. The molecule has 0 atom stereocenters. The predicted molar refractivity (Wildman–Crippen MR) is 85.9 cm³/mol. The van der Waals surface area contributed by atoms with E-state index in [4.69, 9.17) is 23.2 Å². The zero-order valence-electron chi connectivity index (χ0n) is 11.9. The van der Waals surface area contributed by atoms with Crippen molar-refractivity contribution in [2.24, 2.45) is 0 Å². The Morgan fingerprint density at radius 3 is 2.43 bits per heavy atom. The van der Waals surface area contributed by atoms with Gasteiger partial charge in [0.15, 0.2) is 5.82 Å². The normalized spacial score (nSPS) is 15.6. The summed E-state index contributed by atoms with van der Waals surface area (Å²) in [5, 5.41) is 0.992. The summed E-state index contributed by atoms with van der Waals surface area (Å²) in [6, 6.07) is 1.91. The highest BCUT2D eigenvalue weighted by molar-refractivity contribution is 6.34. The molecule has 0 aliphatic heterocycles. The highest BCUT2D eigenvalue weighted by Gasteiger charge is 2.25. The van der Waals surface area contributed by atoms with Crippen LogP contribution in [0.3, 0.4) is 0 Å². The van der Waals surface area contributed by atoms with E-state index in [-0.39, 0.29) is 0 Å². The second-order valence-electron chi connectivity index (χ2n) is 5.41. The Kier molecular flexibility index (Phi) is 4.41. The number of nitrogens with zero attached hydrogens (tertiary/aromatic N) is 3. The van der Waals surface area contributed by atoms with Gasteiger partial charge in [-0.1, -0.05) is 43.0 Å². The molecule has 1 aliphatic carbocycles. The quantitative estimate of drug-likeness (QED) is 0.741. The summed E-state index contributed by atoms with van der Waals surface area (Å²) in [5.41, 5.74) is 2.97. The molecule has 5 heteroatoms. The van der Waals surface area contributed by atoms with Crippen LogP contribution in [0.25, 0.3) is 11.4 Å². The molecular weight excluding hydrogens is 305 g/mol. The summed E-state index contributed by atoms with van der Waals surface area (Å²) >= 11 is 12.8. The van der Waals surface area contributed by atoms with Gasteiger partial charge in [-0.3, -0.25) is 4.98 Å². The van der Waals surface area contributed by atoms with Crippen molar-refractivity contribution in [2.45, 2.75) is 44.9 Å². The van der Waals surface area contributed by atoms with Gasteiger partial charge in [0.05, 0.1) is 0 Å². The van der Waals surface area contributed by atoms with Crippen molar-refractivity contribution in [3.63, 3.8) is 0 Å². The molecule has 0 saturated heterocycles. The third-order valence-electron chi connectivity index (χ3n) is 4.14. The summed E-state index contributed by atoms with van der Waals surface area (Å²) in [7, 11) is 0. The van der Waals surface area contributed by atoms with Crippen LogP contribution in [-0.2, 0) is 6.42 Å². The third-order valence-corrected chi connectivity index (χ3v) is 4.72. The van der Waals surface area contributed by atoms with Crippen LogP contribution in [0.5, 0.6) is 0 Å². The van der Waals surface area contributed by atoms with Crippen molar-refractivity contribution < 1.29 is 0 Å². The monoisotopic (exact) mass is 321 g/mol. The van der Waals surface area contributed by atoms with Crippen LogP contribution in [-0.4, -0.2) is 15.0 Å². The molecule has 2 aromatic heterocycles. The van der Waals surface area contributed by atoms with E-state index in [1.54, 1.807) is 6.20 Å². The van der Waals surface area contributed by atoms with Gasteiger partial charge in [0, 0.05) is 23.5 Å². The third kappa shape index (κ3) is 2.90. The summed E-state index contributed by atoms with van der Waals surface area (Å²) in [4.78, 5) is 13.1. The lowest BCUT2D eigenvalue weighted by Crippen LogP contribution is -2.02. The predicted octanol–water partition coefficient (Wildman–Crippen LogP) is 5.07. The minimum Gasteiger partial charge on any atom is -0.264 e. The Balaban J connectivity index is 2.05. The van der Waals surface area contributed by atoms with Gasteiger partial charge < -0.3 is 0 Å². The van der Waals surface area contributed by atoms with Crippen LogP contribution in [0.4, 0.5) is 0 Å². The van der Waals surface area contributed by atoms with Crippen LogP contribution in [0.15, 0.2) is 18.5 Å². The molecule has 3 nitrogen and oxygen atoms in total. The molecule has 2 aromatic rings. The molecular formula is C16H17Cl2N3. The zero-order valence-corrected chi connectivity index (χ0v) is 13.5. The number of hydrogen-bond donors (Lipinski definition) is 0. The SMILES string of the molecule is CCc1cnccc1-c1nc(Cl)c(C2CCCC2)c(Cl)n1. The summed E-state index contributed by atoms with van der Waals surface area (Å²) in [6.45, 7) is 2.08. The van der Waals surface area contributed by atoms with Crippen LogP contribution in [0.1, 0.15) is 49.7 Å². The summed E-state index contributed by atoms with van der Waals surface area (Å²) < 4.78 is 0. The van der Waals surface area contributed by atoms with Crippen molar-refractivity contribution >= 4 is 23.2 Å². The van der Waals surface area contributed by atoms with Crippen molar-refractivity contribution in [2.75, 3.05) is 0 Å². The maximum absolute atomic E-state index is 6.41. The zero-order chi connectivity index (χ0) is 14.8. The number of halogens is 2. The number of pyridine rings is 1. The smallest absolute Gasteiger partial charge is 0.162 e. The molecule has 0 N–H and O–H groups in total.